The van der Waals surface area contributed by atoms with E-state index >= 15 is 0 Å². The maximum Gasteiger partial charge on any atom is 0.472 e. The molecule has 442 valence electrons. The van der Waals surface area contributed by atoms with Gasteiger partial charge in [-0.1, -0.05) is 227 Å². The fourth-order valence-electron chi connectivity index (χ4n) is 6.48. The topological polar surface area (TPSA) is 155 Å². The van der Waals surface area contributed by atoms with Crippen LogP contribution in [0.3, 0.4) is 0 Å². The number of carbonyl (C=O) groups excluding carboxylic acids is 3. The van der Waals surface area contributed by atoms with Crippen LogP contribution in [0.5, 0.6) is 0 Å². The fraction of sp³-hybridized carbons (Fsp3) is 0.456. The standard InChI is InChI=1S/C68H99O11P/c1-4-7-10-13-16-19-22-25-28-30-32-34-37-40-43-46-49-52-55-58-67(71)78-64(60-69)62-76-80(73,74)77-63-65(61-75-66(70)57-54-51-48-45-42-39-36-27-24-21-18-15-12-9-6-3)79-68(72)59-56-53-50-47-44-41-38-35-33-31-29-26-23-20-17-14-11-8-5-2/h7-12,16-21,25-29,32-36,40-45,49-54,64-65,69H,4-6,13-15,22-24,30-31,37-39,46-48,55-63H2,1-3H3,(H,73,74)/b10-7-,11-8-,12-9-,19-16-,20-17-,21-18-,28-25-,29-26-,34-32-,35-33-,36-27-,43-40-,44-41-,45-42-,52-49-,53-50-,54-51-. The Labute approximate surface area is 483 Å². The van der Waals surface area contributed by atoms with E-state index in [1.54, 1.807) is 6.08 Å². The minimum atomic E-state index is -4.83. The smallest absolute Gasteiger partial charge is 0.461 e. The molecule has 0 saturated carbocycles. The van der Waals surface area contributed by atoms with Crippen LogP contribution in [0, 0.1) is 0 Å². The number of phosphoric ester groups is 1. The van der Waals surface area contributed by atoms with Crippen molar-refractivity contribution in [2.45, 2.75) is 174 Å². The van der Waals surface area contributed by atoms with E-state index in [4.69, 9.17) is 23.3 Å². The molecule has 0 aromatic rings. The Morgan fingerprint density at radius 2 is 0.600 bits per heavy atom. The molecule has 0 amide bonds. The Bertz CT molecular complexity index is 2140. The highest BCUT2D eigenvalue weighted by Gasteiger charge is 2.28. The predicted octanol–water partition coefficient (Wildman–Crippen LogP) is 17.6. The number of carbonyl (C=O) groups is 3. The van der Waals surface area contributed by atoms with Crippen LogP contribution in [0.15, 0.2) is 207 Å². The number of aliphatic hydroxyl groups is 1. The van der Waals surface area contributed by atoms with Crippen molar-refractivity contribution in [1.82, 2.24) is 0 Å². The summed E-state index contributed by atoms with van der Waals surface area (Å²) in [4.78, 5) is 48.5. The first kappa shape index (κ1) is 74.1. The number of ether oxygens (including phenoxy) is 3. The summed E-state index contributed by atoms with van der Waals surface area (Å²) >= 11 is 0. The van der Waals surface area contributed by atoms with Gasteiger partial charge in [0.15, 0.2) is 6.10 Å². The van der Waals surface area contributed by atoms with Crippen LogP contribution < -0.4 is 0 Å². The molecular formula is C68H99O11P. The number of phosphoric acid groups is 1. The van der Waals surface area contributed by atoms with Crippen molar-refractivity contribution in [3.05, 3.63) is 207 Å². The first-order chi connectivity index (χ1) is 39.2. The first-order valence-corrected chi connectivity index (χ1v) is 30.5. The average molecular weight is 1120 g/mol. The van der Waals surface area contributed by atoms with E-state index in [0.29, 0.717) is 32.1 Å². The number of rotatable bonds is 50. The molecule has 0 aliphatic carbocycles. The molecule has 0 aromatic heterocycles. The van der Waals surface area contributed by atoms with E-state index in [-0.39, 0.29) is 19.3 Å². The Morgan fingerprint density at radius 3 is 0.887 bits per heavy atom. The number of hydrogen-bond donors (Lipinski definition) is 2. The predicted molar refractivity (Wildman–Crippen MR) is 334 cm³/mol. The second-order valence-electron chi connectivity index (χ2n) is 18.0. The molecule has 3 atom stereocenters. The van der Waals surface area contributed by atoms with E-state index in [1.165, 1.54) is 0 Å². The summed E-state index contributed by atoms with van der Waals surface area (Å²) in [5.41, 5.74) is 0. The Balaban J connectivity index is 5.03. The molecule has 0 aromatic carbocycles. The second-order valence-corrected chi connectivity index (χ2v) is 19.4. The lowest BCUT2D eigenvalue weighted by Gasteiger charge is -2.21. The van der Waals surface area contributed by atoms with Crippen molar-refractivity contribution in [3.8, 4) is 0 Å². The van der Waals surface area contributed by atoms with Crippen molar-refractivity contribution < 1.29 is 52.2 Å². The highest BCUT2D eigenvalue weighted by Crippen LogP contribution is 2.43. The monoisotopic (exact) mass is 1120 g/mol. The molecule has 0 aliphatic rings. The van der Waals surface area contributed by atoms with Crippen LogP contribution in [-0.4, -0.2) is 66.5 Å². The zero-order valence-corrected chi connectivity index (χ0v) is 49.6. The molecule has 0 heterocycles. The number of aliphatic hydroxyl groups excluding tert-OH is 1. The lowest BCUT2D eigenvalue weighted by molar-refractivity contribution is -0.160. The second kappa shape index (κ2) is 59.2. The Morgan fingerprint density at radius 1 is 0.350 bits per heavy atom. The summed E-state index contributed by atoms with van der Waals surface area (Å²) in [5.74, 6) is -1.84. The molecule has 0 fully saturated rings. The SMILES string of the molecule is CC/C=C\C/C=C\C/C=C\C/C=C\C/C=C\C/C=C\CCC(=O)OC(CO)COP(=O)(O)OCC(COC(=O)C/C=C\C/C=C\C/C=C\C/C=C\C/C=C\CC)OC(=O)CC/C=C\C/C=C\C/C=C\C/C=C\C/C=C\C/C=C\CC. The van der Waals surface area contributed by atoms with Crippen molar-refractivity contribution in [2.24, 2.45) is 0 Å². The van der Waals surface area contributed by atoms with E-state index < -0.39 is 64.4 Å². The van der Waals surface area contributed by atoms with E-state index in [0.717, 1.165) is 89.9 Å². The van der Waals surface area contributed by atoms with E-state index in [9.17, 15) is 28.9 Å². The van der Waals surface area contributed by atoms with Gasteiger partial charge in [-0.25, -0.2) is 4.57 Å². The summed E-state index contributed by atoms with van der Waals surface area (Å²) in [6, 6.07) is 0. The quantitative estimate of drug-likeness (QED) is 0.0259. The van der Waals surface area contributed by atoms with Crippen LogP contribution in [0.1, 0.15) is 162 Å². The van der Waals surface area contributed by atoms with Crippen LogP contribution in [0.25, 0.3) is 0 Å². The molecule has 3 unspecified atom stereocenters. The first-order valence-electron chi connectivity index (χ1n) is 29.0. The number of allylic oxidation sites excluding steroid dienone is 33. The third-order valence-corrected chi connectivity index (χ3v) is 11.7. The van der Waals surface area contributed by atoms with Gasteiger partial charge in [0.05, 0.1) is 26.2 Å². The summed E-state index contributed by atoms with van der Waals surface area (Å²) in [6.07, 6.45) is 84.2. The normalized spacial score (nSPS) is 14.8. The fourth-order valence-corrected chi connectivity index (χ4v) is 7.26. The maximum atomic E-state index is 12.9. The minimum absolute atomic E-state index is 0.00355. The van der Waals surface area contributed by atoms with Gasteiger partial charge in [-0.15, -0.1) is 0 Å². The lowest BCUT2D eigenvalue weighted by Crippen LogP contribution is -2.30. The van der Waals surface area contributed by atoms with E-state index in [2.05, 4.69) is 167 Å². The third-order valence-electron chi connectivity index (χ3n) is 10.7. The Hall–Kier alpha value is -5.94. The van der Waals surface area contributed by atoms with Crippen LogP contribution in [-0.2, 0) is 42.2 Å². The molecule has 11 nitrogen and oxygen atoms in total. The molecule has 80 heavy (non-hydrogen) atoms. The van der Waals surface area contributed by atoms with Gasteiger partial charge >= 0.3 is 25.7 Å². The molecule has 0 aliphatic heterocycles. The maximum absolute atomic E-state index is 12.9. The zero-order valence-electron chi connectivity index (χ0n) is 48.7. The van der Waals surface area contributed by atoms with Crippen LogP contribution in [0.2, 0.25) is 0 Å². The molecule has 12 heteroatoms. The highest BCUT2D eigenvalue weighted by molar-refractivity contribution is 7.47. The van der Waals surface area contributed by atoms with Crippen molar-refractivity contribution >= 4 is 25.7 Å². The van der Waals surface area contributed by atoms with Crippen molar-refractivity contribution in [3.63, 3.8) is 0 Å². The summed E-state index contributed by atoms with van der Waals surface area (Å²) in [7, 11) is -4.83. The molecule has 0 saturated heterocycles. The molecule has 0 spiro atoms. The zero-order chi connectivity index (χ0) is 58.3. The van der Waals surface area contributed by atoms with Crippen LogP contribution in [0.4, 0.5) is 0 Å². The molecular weight excluding hydrogens is 1020 g/mol. The summed E-state index contributed by atoms with van der Waals surface area (Å²) < 4.78 is 39.2. The summed E-state index contributed by atoms with van der Waals surface area (Å²) in [6.45, 7) is 3.97. The highest BCUT2D eigenvalue weighted by atomic mass is 31.2. The minimum Gasteiger partial charge on any atom is -0.461 e. The third kappa shape index (κ3) is 56.8. The van der Waals surface area contributed by atoms with Gasteiger partial charge < -0.3 is 24.2 Å². The van der Waals surface area contributed by atoms with Crippen molar-refractivity contribution in [1.29, 1.82) is 0 Å². The molecule has 0 radical (unpaired) electrons. The van der Waals surface area contributed by atoms with Crippen LogP contribution >= 0.6 is 7.82 Å². The van der Waals surface area contributed by atoms with Crippen molar-refractivity contribution in [2.75, 3.05) is 26.4 Å². The average Bonchev–Trinajstić information content (AvgIpc) is 3.45. The molecule has 0 bridgehead atoms. The Kier molecular flexibility index (Phi) is 54.8. The van der Waals surface area contributed by atoms with Gasteiger partial charge in [-0.2, -0.15) is 0 Å². The van der Waals surface area contributed by atoms with Gasteiger partial charge in [0.2, 0.25) is 0 Å². The van der Waals surface area contributed by atoms with E-state index in [1.807, 2.05) is 54.7 Å². The number of esters is 3. The lowest BCUT2D eigenvalue weighted by atomic mass is 10.2. The van der Waals surface area contributed by atoms with Gasteiger partial charge in [0.1, 0.15) is 12.7 Å². The van der Waals surface area contributed by atoms with Gasteiger partial charge in [0, 0.05) is 12.8 Å². The summed E-state index contributed by atoms with van der Waals surface area (Å²) in [5, 5.41) is 9.82. The van der Waals surface area contributed by atoms with Gasteiger partial charge in [-0.3, -0.25) is 23.4 Å². The van der Waals surface area contributed by atoms with Gasteiger partial charge in [-0.05, 0) is 122 Å². The molecule has 2 N–H and O–H groups in total. The largest absolute Gasteiger partial charge is 0.472 e. The molecule has 0 rings (SSSR count). The van der Waals surface area contributed by atoms with Gasteiger partial charge in [0.25, 0.3) is 0 Å². The number of hydrogen-bond acceptors (Lipinski definition) is 10.